The van der Waals surface area contributed by atoms with Crippen LogP contribution in [0.25, 0.3) is 221 Å². The maximum Gasteiger partial charge on any atom is 0.235 e. The molecule has 0 saturated heterocycles. The molecule has 24 aromatic rings. The van der Waals surface area contributed by atoms with Gasteiger partial charge in [-0.05, 0) is 175 Å². The predicted octanol–water partition coefficient (Wildman–Crippen LogP) is 27.4. The second-order valence-electron chi connectivity index (χ2n) is 29.6. The summed E-state index contributed by atoms with van der Waals surface area (Å²) in [5.74, 6) is 1.32. The van der Waals surface area contributed by atoms with E-state index < -0.39 is 0 Å². The van der Waals surface area contributed by atoms with Crippen molar-refractivity contribution in [1.82, 2.24) is 38.2 Å². The molecule has 6 aromatic heterocycles. The third-order valence-corrected chi connectivity index (χ3v) is 23.2. The molecule has 0 radical (unpaired) electrons. The van der Waals surface area contributed by atoms with Crippen LogP contribution in [0.15, 0.2) is 400 Å². The van der Waals surface area contributed by atoms with Gasteiger partial charge in [0.15, 0.2) is 0 Å². The fourth-order valence-electron chi connectivity index (χ4n) is 17.9. The zero-order valence-electron chi connectivity index (χ0n) is 61.7. The van der Waals surface area contributed by atoms with Gasteiger partial charge in [0, 0.05) is 76.4 Å². The molecule has 6 heterocycles. The van der Waals surface area contributed by atoms with Crippen LogP contribution in [0.4, 0.5) is 0 Å². The molecule has 0 saturated carbocycles. The standard InChI is InChI=1S/C58H36N4.C48H30N4/c1-3-13-37(14-4-1)38-23-29-44(30-24-38)61-51-31-27-42(35-48(51)55-45-19-9-7-15-39(45)25-33-53(55)61)43-28-32-52-49(36-43)56-46-20-10-8-16-40(46)26-34-54(56)62(52)58-59-50-22-12-11-21-47(50)57(60-58)41-17-5-2-6-18-41;1-2-13-32(14-3-1)47-39-18-6-9-19-42(39)49-48(50-47)52-44-21-11-8-17-38(44)41-30-35(24-27-46(41)52)34-23-26-45-40(29-34)37-16-7-10-20-43(37)51(45)36-25-22-31-12-4-5-15-33(31)28-36/h1-36H;1-30H. The lowest BCUT2D eigenvalue weighted by Gasteiger charge is -2.12. The zero-order chi connectivity index (χ0) is 74.9. The van der Waals surface area contributed by atoms with E-state index in [1.54, 1.807) is 0 Å². The third kappa shape index (κ3) is 10.5. The molecule has 0 atom stereocenters. The molecule has 8 heteroatoms. The largest absolute Gasteiger partial charge is 0.309 e. The summed E-state index contributed by atoms with van der Waals surface area (Å²) in [5.41, 5.74) is 24.3. The number of hydrogen-bond donors (Lipinski definition) is 0. The second-order valence-corrected chi connectivity index (χ2v) is 29.6. The topological polar surface area (TPSA) is 71.3 Å². The maximum atomic E-state index is 5.36. The minimum absolute atomic E-state index is 0.656. The van der Waals surface area contributed by atoms with Gasteiger partial charge in [0.1, 0.15) is 0 Å². The highest BCUT2D eigenvalue weighted by Crippen LogP contribution is 2.45. The van der Waals surface area contributed by atoms with Crippen LogP contribution in [0.3, 0.4) is 0 Å². The highest BCUT2D eigenvalue weighted by Gasteiger charge is 2.24. The summed E-state index contributed by atoms with van der Waals surface area (Å²) < 4.78 is 9.29. The van der Waals surface area contributed by atoms with Crippen molar-refractivity contribution >= 4 is 141 Å². The maximum absolute atomic E-state index is 5.36. The summed E-state index contributed by atoms with van der Waals surface area (Å²) in [6, 6.07) is 144. The zero-order valence-corrected chi connectivity index (χ0v) is 61.7. The van der Waals surface area contributed by atoms with Crippen molar-refractivity contribution in [1.29, 1.82) is 0 Å². The fourth-order valence-corrected chi connectivity index (χ4v) is 17.9. The first-order valence-electron chi connectivity index (χ1n) is 38.8. The number of rotatable bonds is 9. The monoisotopic (exact) mass is 1450 g/mol. The molecule has 0 aliphatic carbocycles. The molecular formula is C106H66N8. The second kappa shape index (κ2) is 26.2. The quantitative estimate of drug-likeness (QED) is 0.144. The molecule has 24 rings (SSSR count). The Bertz CT molecular complexity index is 8030. The molecule has 0 N–H and O–H groups in total. The molecule has 0 aliphatic heterocycles. The number of para-hydroxylation sites is 4. The molecule has 114 heavy (non-hydrogen) atoms. The van der Waals surface area contributed by atoms with Crippen molar-refractivity contribution in [2.75, 3.05) is 0 Å². The molecule has 0 spiro atoms. The predicted molar refractivity (Wildman–Crippen MR) is 476 cm³/mol. The van der Waals surface area contributed by atoms with Gasteiger partial charge in [0.05, 0.1) is 66.6 Å². The van der Waals surface area contributed by atoms with E-state index in [1.807, 2.05) is 18.2 Å². The summed E-state index contributed by atoms with van der Waals surface area (Å²) >= 11 is 0. The van der Waals surface area contributed by atoms with Crippen LogP contribution >= 0.6 is 0 Å². The number of benzene rings is 18. The lowest BCUT2D eigenvalue weighted by molar-refractivity contribution is 1.01. The van der Waals surface area contributed by atoms with Crippen molar-refractivity contribution in [2.45, 2.75) is 0 Å². The Morgan fingerprint density at radius 1 is 0.158 bits per heavy atom. The smallest absolute Gasteiger partial charge is 0.235 e. The van der Waals surface area contributed by atoms with Crippen molar-refractivity contribution in [3.05, 3.63) is 400 Å². The van der Waals surface area contributed by atoms with Crippen LogP contribution in [-0.2, 0) is 0 Å². The summed E-state index contributed by atoms with van der Waals surface area (Å²) in [7, 11) is 0. The highest BCUT2D eigenvalue weighted by molar-refractivity contribution is 6.24. The average molecular weight is 1450 g/mol. The summed E-state index contributed by atoms with van der Waals surface area (Å²) in [6.45, 7) is 0. The molecular weight excluding hydrogens is 1390 g/mol. The Morgan fingerprint density at radius 3 is 0.991 bits per heavy atom. The van der Waals surface area contributed by atoms with Crippen molar-refractivity contribution < 1.29 is 0 Å². The van der Waals surface area contributed by atoms with Gasteiger partial charge in [-0.2, -0.15) is 0 Å². The summed E-state index contributed by atoms with van der Waals surface area (Å²) in [4.78, 5) is 21.0. The normalized spacial score (nSPS) is 11.9. The number of fused-ring (bicyclic) bond motifs is 19. The number of aromatic nitrogens is 8. The lowest BCUT2D eigenvalue weighted by Crippen LogP contribution is -2.03. The molecule has 0 unspecified atom stereocenters. The fraction of sp³-hybridized carbons (Fsp3) is 0. The van der Waals surface area contributed by atoms with Gasteiger partial charge < -0.3 is 9.13 Å². The summed E-state index contributed by atoms with van der Waals surface area (Å²) in [5, 5.41) is 19.1. The van der Waals surface area contributed by atoms with Gasteiger partial charge in [-0.15, -0.1) is 0 Å². The van der Waals surface area contributed by atoms with Crippen LogP contribution in [0.5, 0.6) is 0 Å². The minimum Gasteiger partial charge on any atom is -0.309 e. The first kappa shape index (κ1) is 64.6. The van der Waals surface area contributed by atoms with E-state index in [-0.39, 0.29) is 0 Å². The van der Waals surface area contributed by atoms with Gasteiger partial charge >= 0.3 is 0 Å². The van der Waals surface area contributed by atoms with E-state index >= 15 is 0 Å². The van der Waals surface area contributed by atoms with E-state index in [1.165, 1.54) is 131 Å². The first-order chi connectivity index (χ1) is 56.5. The Labute approximate surface area is 654 Å². The molecule has 0 amide bonds. The van der Waals surface area contributed by atoms with E-state index in [4.69, 9.17) is 19.9 Å². The molecule has 0 aliphatic rings. The molecule has 18 aromatic carbocycles. The highest BCUT2D eigenvalue weighted by atomic mass is 15.2. The number of hydrogen-bond acceptors (Lipinski definition) is 4. The third-order valence-electron chi connectivity index (χ3n) is 23.2. The van der Waals surface area contributed by atoms with Gasteiger partial charge in [0.25, 0.3) is 0 Å². The van der Waals surface area contributed by atoms with E-state index in [9.17, 15) is 0 Å². The van der Waals surface area contributed by atoms with Crippen molar-refractivity contribution in [2.24, 2.45) is 0 Å². The Balaban J connectivity index is 0.000000137. The Morgan fingerprint density at radius 2 is 0.474 bits per heavy atom. The van der Waals surface area contributed by atoms with Crippen LogP contribution in [0.2, 0.25) is 0 Å². The van der Waals surface area contributed by atoms with Crippen molar-refractivity contribution in [3.63, 3.8) is 0 Å². The minimum atomic E-state index is 0.656. The Kier molecular flexibility index (Phi) is 14.8. The summed E-state index contributed by atoms with van der Waals surface area (Å²) in [6.07, 6.45) is 0. The first-order valence-corrected chi connectivity index (χ1v) is 38.8. The van der Waals surface area contributed by atoms with Crippen LogP contribution in [0, 0.1) is 0 Å². The van der Waals surface area contributed by atoms with Gasteiger partial charge in [-0.3, -0.25) is 9.13 Å². The van der Waals surface area contributed by atoms with Crippen LogP contribution in [-0.4, -0.2) is 38.2 Å². The lowest BCUT2D eigenvalue weighted by atomic mass is 9.98. The molecule has 0 bridgehead atoms. The van der Waals surface area contributed by atoms with Gasteiger partial charge in [-0.25, -0.2) is 19.9 Å². The molecule has 0 fully saturated rings. The Hall–Kier alpha value is -15.4. The van der Waals surface area contributed by atoms with E-state index in [0.717, 1.165) is 77.6 Å². The van der Waals surface area contributed by atoms with E-state index in [0.29, 0.717) is 11.9 Å². The molecule has 8 nitrogen and oxygen atoms in total. The number of nitrogens with zero attached hydrogens (tertiary/aromatic N) is 8. The van der Waals surface area contributed by atoms with Crippen molar-refractivity contribution in [3.8, 4) is 79.2 Å². The van der Waals surface area contributed by atoms with Crippen LogP contribution in [0.1, 0.15) is 0 Å². The molecule has 530 valence electrons. The average Bonchev–Trinajstić information content (AvgIpc) is 1.61. The van der Waals surface area contributed by atoms with Gasteiger partial charge in [-0.1, -0.05) is 291 Å². The van der Waals surface area contributed by atoms with Gasteiger partial charge in [0.2, 0.25) is 11.9 Å². The van der Waals surface area contributed by atoms with Crippen LogP contribution < -0.4 is 0 Å². The van der Waals surface area contributed by atoms with E-state index in [2.05, 4.69) is 400 Å². The SMILES string of the molecule is c1ccc(-c2ccc(-n3c4ccc(-c5ccc6c(c5)c5c7ccccc7ccc5n6-c5nc(-c6ccccc6)c6ccccc6n5)cc4c4c5ccccc5ccc43)cc2)cc1.c1ccc(-c2nc(-n3c4ccccc4c4cc(-c5ccc6c(c5)c5ccccc5n6-c5ccc6ccccc6c5)ccc43)nc3ccccc23)cc1.